The van der Waals surface area contributed by atoms with Crippen molar-refractivity contribution in [3.8, 4) is 39.4 Å². The first-order chi connectivity index (χ1) is 18.7. The van der Waals surface area contributed by atoms with Crippen LogP contribution in [0.3, 0.4) is 0 Å². The van der Waals surface area contributed by atoms with Crippen LogP contribution in [-0.2, 0) is 9.31 Å². The van der Waals surface area contributed by atoms with Gasteiger partial charge in [-0.05, 0) is 89.8 Å². The lowest BCUT2D eigenvalue weighted by atomic mass is 9.78. The molecule has 0 spiro atoms. The van der Waals surface area contributed by atoms with Crippen molar-refractivity contribution in [2.75, 3.05) is 0 Å². The molecule has 192 valence electrons. The zero-order valence-corrected chi connectivity index (χ0v) is 23.0. The number of benzene rings is 4. The molecule has 4 aromatic carbocycles. The van der Waals surface area contributed by atoms with Crippen molar-refractivity contribution in [1.29, 1.82) is 5.26 Å². The quantitative estimate of drug-likeness (QED) is 0.246. The molecule has 1 fully saturated rings. The second-order valence-electron chi connectivity index (χ2n) is 10.9. The normalized spacial score (nSPS) is 15.5. The van der Waals surface area contributed by atoms with Gasteiger partial charge in [0.1, 0.15) is 0 Å². The van der Waals surface area contributed by atoms with E-state index < -0.39 is 0 Å². The highest BCUT2D eigenvalue weighted by atomic mass is 16.7. The van der Waals surface area contributed by atoms with Gasteiger partial charge in [0.25, 0.3) is 0 Å². The Morgan fingerprint density at radius 2 is 1.00 bits per heavy atom. The molecular formula is C35H32BNO2. The van der Waals surface area contributed by atoms with Crippen LogP contribution < -0.4 is 5.46 Å². The molecule has 3 nitrogen and oxygen atoms in total. The smallest absolute Gasteiger partial charge is 0.399 e. The molecule has 1 saturated heterocycles. The maximum atomic E-state index is 9.06. The van der Waals surface area contributed by atoms with Crippen molar-refractivity contribution in [1.82, 2.24) is 0 Å². The Bertz CT molecular complexity index is 1560. The second-order valence-corrected chi connectivity index (χ2v) is 10.9. The zero-order chi connectivity index (χ0) is 27.8. The first kappa shape index (κ1) is 26.4. The fraction of sp³-hybridized carbons (Fsp3) is 0.171. The van der Waals surface area contributed by atoms with Gasteiger partial charge in [-0.3, -0.25) is 0 Å². The van der Waals surface area contributed by atoms with E-state index in [1.807, 2.05) is 36.4 Å². The molecule has 4 heteroatoms. The van der Waals surface area contributed by atoms with Crippen molar-refractivity contribution < 1.29 is 9.31 Å². The molecular weight excluding hydrogens is 477 g/mol. The Morgan fingerprint density at radius 1 is 0.615 bits per heavy atom. The number of rotatable bonds is 6. The van der Waals surface area contributed by atoms with Crippen molar-refractivity contribution in [2.45, 2.75) is 38.9 Å². The highest BCUT2D eigenvalue weighted by Gasteiger charge is 2.51. The zero-order valence-electron chi connectivity index (χ0n) is 23.0. The molecule has 4 aromatic rings. The minimum atomic E-state index is -0.388. The van der Waals surface area contributed by atoms with Gasteiger partial charge in [0.2, 0.25) is 0 Å². The molecule has 0 saturated carbocycles. The topological polar surface area (TPSA) is 42.2 Å². The van der Waals surface area contributed by atoms with Crippen molar-refractivity contribution >= 4 is 24.7 Å². The third-order valence-electron chi connectivity index (χ3n) is 7.99. The molecule has 0 aliphatic carbocycles. The molecule has 0 atom stereocenters. The van der Waals surface area contributed by atoms with Crippen LogP contribution in [0, 0.1) is 11.3 Å². The second kappa shape index (κ2) is 10.2. The van der Waals surface area contributed by atoms with Gasteiger partial charge in [0, 0.05) is 0 Å². The van der Waals surface area contributed by atoms with E-state index in [2.05, 4.69) is 108 Å². The van der Waals surface area contributed by atoms with Gasteiger partial charge in [-0.15, -0.1) is 0 Å². The molecule has 1 heterocycles. The average molecular weight is 509 g/mol. The predicted molar refractivity (Wildman–Crippen MR) is 163 cm³/mol. The van der Waals surface area contributed by atoms with Crippen LogP contribution in [0.5, 0.6) is 0 Å². The fourth-order valence-electron chi connectivity index (χ4n) is 4.96. The highest BCUT2D eigenvalue weighted by Crippen LogP contribution is 2.38. The lowest BCUT2D eigenvalue weighted by Crippen LogP contribution is -2.41. The number of nitrogens with zero attached hydrogens (tertiary/aromatic N) is 1. The van der Waals surface area contributed by atoms with E-state index in [1.54, 1.807) is 0 Å². The first-order valence-electron chi connectivity index (χ1n) is 13.2. The van der Waals surface area contributed by atoms with E-state index in [0.29, 0.717) is 5.56 Å². The molecule has 0 N–H and O–H groups in total. The van der Waals surface area contributed by atoms with Crippen LogP contribution >= 0.6 is 0 Å². The van der Waals surface area contributed by atoms with E-state index in [0.717, 1.165) is 50.0 Å². The van der Waals surface area contributed by atoms with E-state index >= 15 is 0 Å². The minimum Gasteiger partial charge on any atom is -0.399 e. The van der Waals surface area contributed by atoms with Crippen LogP contribution in [0.4, 0.5) is 0 Å². The van der Waals surface area contributed by atoms with Gasteiger partial charge in [0.05, 0.1) is 22.8 Å². The van der Waals surface area contributed by atoms with E-state index in [-0.39, 0.29) is 18.3 Å². The standard InChI is InChI=1S/C35H32BNO2/c1-7-30-31(8-2)33(28-17-19-29(20-18-28)36-38-34(3,4)35(5,6)39-36)22-21-32(30)27-15-13-26(14-16-27)25-11-9-24(23-37)10-12-25/h7-22H,1-2H2,3-6H3. The van der Waals surface area contributed by atoms with Gasteiger partial charge in [0.15, 0.2) is 0 Å². The Morgan fingerprint density at radius 3 is 1.41 bits per heavy atom. The van der Waals surface area contributed by atoms with Crippen LogP contribution in [0.1, 0.15) is 44.4 Å². The van der Waals surface area contributed by atoms with Crippen molar-refractivity contribution in [3.63, 3.8) is 0 Å². The Kier molecular flexibility index (Phi) is 6.91. The van der Waals surface area contributed by atoms with Gasteiger partial charge in [-0.25, -0.2) is 0 Å². The Hall–Kier alpha value is -4.17. The largest absolute Gasteiger partial charge is 0.494 e. The average Bonchev–Trinajstić information content (AvgIpc) is 3.18. The van der Waals surface area contributed by atoms with Crippen molar-refractivity contribution in [2.24, 2.45) is 0 Å². The Balaban J connectivity index is 1.45. The highest BCUT2D eigenvalue weighted by molar-refractivity contribution is 6.62. The molecule has 1 aliphatic heterocycles. The molecule has 0 radical (unpaired) electrons. The fourth-order valence-corrected chi connectivity index (χ4v) is 4.96. The summed E-state index contributed by atoms with van der Waals surface area (Å²) in [7, 11) is -0.388. The lowest BCUT2D eigenvalue weighted by Gasteiger charge is -2.32. The summed E-state index contributed by atoms with van der Waals surface area (Å²) in [5, 5.41) is 9.06. The third kappa shape index (κ3) is 4.88. The minimum absolute atomic E-state index is 0.374. The van der Waals surface area contributed by atoms with E-state index in [4.69, 9.17) is 14.6 Å². The van der Waals surface area contributed by atoms with Crippen molar-refractivity contribution in [3.05, 3.63) is 115 Å². The van der Waals surface area contributed by atoms with Crippen LogP contribution in [-0.4, -0.2) is 18.3 Å². The summed E-state index contributed by atoms with van der Waals surface area (Å²) in [6.45, 7) is 16.5. The number of hydrogen-bond acceptors (Lipinski definition) is 3. The predicted octanol–water partition coefficient (Wildman–Crippen LogP) is 8.14. The summed E-state index contributed by atoms with van der Waals surface area (Å²) >= 11 is 0. The summed E-state index contributed by atoms with van der Waals surface area (Å²) < 4.78 is 12.4. The Labute approximate surface area is 232 Å². The van der Waals surface area contributed by atoms with E-state index in [1.165, 1.54) is 0 Å². The molecule has 5 rings (SSSR count). The molecule has 0 amide bonds. The van der Waals surface area contributed by atoms with Gasteiger partial charge < -0.3 is 9.31 Å². The summed E-state index contributed by atoms with van der Waals surface area (Å²) in [6, 6.07) is 31.0. The van der Waals surface area contributed by atoms with E-state index in [9.17, 15) is 0 Å². The van der Waals surface area contributed by atoms with Crippen LogP contribution in [0.2, 0.25) is 0 Å². The lowest BCUT2D eigenvalue weighted by molar-refractivity contribution is 0.00578. The number of hydrogen-bond donors (Lipinski definition) is 0. The molecule has 1 aliphatic rings. The SMILES string of the molecule is C=Cc1c(-c2ccc(B3OC(C)(C)C(C)(C)O3)cc2)ccc(-c2ccc(-c3ccc(C#N)cc3)cc2)c1C=C. The summed E-state index contributed by atoms with van der Waals surface area (Å²) in [4.78, 5) is 0. The summed E-state index contributed by atoms with van der Waals surface area (Å²) in [6.07, 6.45) is 3.81. The molecule has 39 heavy (non-hydrogen) atoms. The maximum absolute atomic E-state index is 9.06. The van der Waals surface area contributed by atoms with Crippen LogP contribution in [0.25, 0.3) is 45.5 Å². The molecule has 0 aromatic heterocycles. The summed E-state index contributed by atoms with van der Waals surface area (Å²) in [5.41, 5.74) is 9.58. The first-order valence-corrected chi connectivity index (χ1v) is 13.2. The van der Waals surface area contributed by atoms with Gasteiger partial charge in [-0.1, -0.05) is 98.1 Å². The number of nitriles is 1. The summed E-state index contributed by atoms with van der Waals surface area (Å²) in [5.74, 6) is 0. The van der Waals surface area contributed by atoms with Crippen LogP contribution in [0.15, 0.2) is 98.1 Å². The molecule has 0 unspecified atom stereocenters. The molecule has 0 bridgehead atoms. The maximum Gasteiger partial charge on any atom is 0.494 e. The van der Waals surface area contributed by atoms with Gasteiger partial charge in [-0.2, -0.15) is 5.26 Å². The third-order valence-corrected chi connectivity index (χ3v) is 7.99. The monoisotopic (exact) mass is 509 g/mol. The van der Waals surface area contributed by atoms with Gasteiger partial charge >= 0.3 is 7.12 Å².